The number of urea groups is 1. The third kappa shape index (κ3) is 3.62. The molecule has 0 spiro atoms. The number of hydrogen-bond acceptors (Lipinski definition) is 2. The molecule has 21 heavy (non-hydrogen) atoms. The first kappa shape index (κ1) is 15.1. The van der Waals surface area contributed by atoms with Gasteiger partial charge in [-0.05, 0) is 24.0 Å². The predicted octanol–water partition coefficient (Wildman–Crippen LogP) is 3.67. The quantitative estimate of drug-likeness (QED) is 0.885. The lowest BCUT2D eigenvalue weighted by atomic mass is 9.86. The molecule has 1 aromatic carbocycles. The first-order chi connectivity index (χ1) is 9.77. The number of rotatable bonds is 2. The van der Waals surface area contributed by atoms with E-state index in [9.17, 15) is 4.79 Å². The molecule has 2 N–H and O–H groups in total. The standard InChI is InChI=1S/C16H22N4O/c1-11-10-14(19-20(11)5)18-15(21)17-13-9-7-6-8-12(13)16(2,3)4/h6-10H,1-5H3,(H2,17,18,19,21). The summed E-state index contributed by atoms with van der Waals surface area (Å²) in [6.07, 6.45) is 0. The number of hydrogen-bond donors (Lipinski definition) is 2. The second kappa shape index (κ2) is 5.60. The Balaban J connectivity index is 2.13. The minimum Gasteiger partial charge on any atom is -0.307 e. The summed E-state index contributed by atoms with van der Waals surface area (Å²) < 4.78 is 1.72. The molecule has 0 saturated heterocycles. The van der Waals surface area contributed by atoms with Gasteiger partial charge in [0.05, 0.1) is 0 Å². The molecule has 0 atom stereocenters. The number of benzene rings is 1. The second-order valence-electron chi connectivity index (χ2n) is 6.17. The Morgan fingerprint density at radius 1 is 1.19 bits per heavy atom. The van der Waals surface area contributed by atoms with Gasteiger partial charge in [0.15, 0.2) is 5.82 Å². The van der Waals surface area contributed by atoms with Crippen LogP contribution in [0, 0.1) is 6.92 Å². The van der Waals surface area contributed by atoms with Gasteiger partial charge < -0.3 is 5.32 Å². The number of nitrogens with one attached hydrogen (secondary N) is 2. The zero-order chi connectivity index (χ0) is 15.6. The fourth-order valence-corrected chi connectivity index (χ4v) is 2.14. The molecule has 2 aromatic rings. The SMILES string of the molecule is Cc1cc(NC(=O)Nc2ccccc2C(C)(C)C)nn1C. The van der Waals surface area contributed by atoms with Crippen molar-refractivity contribution >= 4 is 17.5 Å². The molecular weight excluding hydrogens is 264 g/mol. The molecule has 112 valence electrons. The van der Waals surface area contributed by atoms with Crippen LogP contribution in [0.15, 0.2) is 30.3 Å². The van der Waals surface area contributed by atoms with Gasteiger partial charge in [0, 0.05) is 24.5 Å². The van der Waals surface area contributed by atoms with Crippen LogP contribution in [0.3, 0.4) is 0 Å². The van der Waals surface area contributed by atoms with Gasteiger partial charge in [0.2, 0.25) is 0 Å². The maximum atomic E-state index is 12.1. The molecule has 5 heteroatoms. The Bertz CT molecular complexity index is 633. The lowest BCUT2D eigenvalue weighted by Gasteiger charge is -2.22. The van der Waals surface area contributed by atoms with Crippen LogP contribution in [0.4, 0.5) is 16.3 Å². The van der Waals surface area contributed by atoms with Crippen molar-refractivity contribution < 1.29 is 4.79 Å². The van der Waals surface area contributed by atoms with Crippen LogP contribution in [0.2, 0.25) is 0 Å². The van der Waals surface area contributed by atoms with E-state index in [0.717, 1.165) is 16.9 Å². The van der Waals surface area contributed by atoms with Gasteiger partial charge in [-0.25, -0.2) is 4.79 Å². The molecule has 0 fully saturated rings. The van der Waals surface area contributed by atoms with Gasteiger partial charge in [-0.1, -0.05) is 39.0 Å². The van der Waals surface area contributed by atoms with Gasteiger partial charge in [0.25, 0.3) is 0 Å². The van der Waals surface area contributed by atoms with E-state index < -0.39 is 0 Å². The van der Waals surface area contributed by atoms with Gasteiger partial charge in [-0.3, -0.25) is 10.00 Å². The number of carbonyl (C=O) groups excluding carboxylic acids is 1. The van der Waals surface area contributed by atoms with Crippen LogP contribution in [0.5, 0.6) is 0 Å². The summed E-state index contributed by atoms with van der Waals surface area (Å²) in [5, 5.41) is 9.85. The van der Waals surface area contributed by atoms with E-state index in [2.05, 4.69) is 36.5 Å². The maximum Gasteiger partial charge on any atom is 0.324 e. The minimum absolute atomic E-state index is 0.0363. The van der Waals surface area contributed by atoms with Crippen LogP contribution >= 0.6 is 0 Å². The van der Waals surface area contributed by atoms with Gasteiger partial charge >= 0.3 is 6.03 Å². The fourth-order valence-electron chi connectivity index (χ4n) is 2.14. The summed E-state index contributed by atoms with van der Waals surface area (Å²) in [5.41, 5.74) is 2.86. The Hall–Kier alpha value is -2.30. The normalized spacial score (nSPS) is 11.3. The van der Waals surface area contributed by atoms with Crippen molar-refractivity contribution in [2.24, 2.45) is 7.05 Å². The second-order valence-corrected chi connectivity index (χ2v) is 6.17. The zero-order valence-electron chi connectivity index (χ0n) is 13.2. The molecule has 0 saturated carbocycles. The van der Waals surface area contributed by atoms with Crippen LogP contribution in [0.25, 0.3) is 0 Å². The molecule has 0 unspecified atom stereocenters. The average Bonchev–Trinajstić information content (AvgIpc) is 2.67. The highest BCUT2D eigenvalue weighted by Gasteiger charge is 2.18. The van der Waals surface area contributed by atoms with Crippen LogP contribution in [-0.2, 0) is 12.5 Å². The molecule has 0 radical (unpaired) electrons. The maximum absolute atomic E-state index is 12.1. The smallest absolute Gasteiger partial charge is 0.307 e. The lowest BCUT2D eigenvalue weighted by molar-refractivity contribution is 0.262. The van der Waals surface area contributed by atoms with Crippen molar-refractivity contribution in [3.63, 3.8) is 0 Å². The van der Waals surface area contributed by atoms with Crippen molar-refractivity contribution in [2.75, 3.05) is 10.6 Å². The first-order valence-electron chi connectivity index (χ1n) is 6.95. The number of para-hydroxylation sites is 1. The van der Waals surface area contributed by atoms with Gasteiger partial charge in [-0.2, -0.15) is 5.10 Å². The van der Waals surface area contributed by atoms with Crippen molar-refractivity contribution in [1.29, 1.82) is 0 Å². The molecule has 0 aliphatic rings. The molecular formula is C16H22N4O. The first-order valence-corrected chi connectivity index (χ1v) is 6.95. The van der Waals surface area contributed by atoms with E-state index in [1.54, 1.807) is 4.68 Å². The molecule has 5 nitrogen and oxygen atoms in total. The summed E-state index contributed by atoms with van der Waals surface area (Å²) in [5.74, 6) is 0.542. The molecule has 2 amide bonds. The van der Waals surface area contributed by atoms with Crippen molar-refractivity contribution in [2.45, 2.75) is 33.1 Å². The Morgan fingerprint density at radius 3 is 2.43 bits per heavy atom. The number of carbonyl (C=O) groups is 1. The predicted molar refractivity (Wildman–Crippen MR) is 85.7 cm³/mol. The molecule has 0 aliphatic carbocycles. The largest absolute Gasteiger partial charge is 0.324 e. The number of aromatic nitrogens is 2. The third-order valence-electron chi connectivity index (χ3n) is 3.34. The molecule has 2 rings (SSSR count). The molecule has 0 aliphatic heterocycles. The number of nitrogens with zero attached hydrogens (tertiary/aromatic N) is 2. The highest BCUT2D eigenvalue weighted by atomic mass is 16.2. The summed E-state index contributed by atoms with van der Waals surface area (Å²) >= 11 is 0. The number of anilines is 2. The van der Waals surface area contributed by atoms with Gasteiger partial charge in [-0.15, -0.1) is 0 Å². The highest BCUT2D eigenvalue weighted by Crippen LogP contribution is 2.29. The number of amides is 2. The van der Waals surface area contributed by atoms with Crippen LogP contribution < -0.4 is 10.6 Å². The summed E-state index contributed by atoms with van der Waals surface area (Å²) in [6.45, 7) is 8.29. The Kier molecular flexibility index (Phi) is 4.02. The monoisotopic (exact) mass is 286 g/mol. The van der Waals surface area contributed by atoms with Crippen molar-refractivity contribution in [3.8, 4) is 0 Å². The van der Waals surface area contributed by atoms with E-state index in [4.69, 9.17) is 0 Å². The lowest BCUT2D eigenvalue weighted by Crippen LogP contribution is -2.23. The van der Waals surface area contributed by atoms with E-state index >= 15 is 0 Å². The summed E-state index contributed by atoms with van der Waals surface area (Å²) in [4.78, 5) is 12.1. The summed E-state index contributed by atoms with van der Waals surface area (Å²) in [6, 6.07) is 9.37. The molecule has 1 aromatic heterocycles. The van der Waals surface area contributed by atoms with Crippen molar-refractivity contribution in [1.82, 2.24) is 9.78 Å². The van der Waals surface area contributed by atoms with E-state index in [1.165, 1.54) is 0 Å². The van der Waals surface area contributed by atoms with E-state index in [0.29, 0.717) is 5.82 Å². The van der Waals surface area contributed by atoms with E-state index in [-0.39, 0.29) is 11.4 Å². The van der Waals surface area contributed by atoms with Crippen LogP contribution in [0.1, 0.15) is 32.0 Å². The van der Waals surface area contributed by atoms with E-state index in [1.807, 2.05) is 44.3 Å². The van der Waals surface area contributed by atoms with Crippen LogP contribution in [-0.4, -0.2) is 15.8 Å². The molecule has 0 bridgehead atoms. The highest BCUT2D eigenvalue weighted by molar-refractivity contribution is 5.99. The zero-order valence-corrected chi connectivity index (χ0v) is 13.2. The number of aryl methyl sites for hydroxylation is 2. The fraction of sp³-hybridized carbons (Fsp3) is 0.375. The Morgan fingerprint density at radius 2 is 1.86 bits per heavy atom. The molecule has 1 heterocycles. The topological polar surface area (TPSA) is 59.0 Å². The third-order valence-corrected chi connectivity index (χ3v) is 3.34. The Labute approximate surface area is 125 Å². The average molecular weight is 286 g/mol. The minimum atomic E-state index is -0.287. The summed E-state index contributed by atoms with van der Waals surface area (Å²) in [7, 11) is 1.84. The van der Waals surface area contributed by atoms with Crippen molar-refractivity contribution in [3.05, 3.63) is 41.6 Å². The van der Waals surface area contributed by atoms with Gasteiger partial charge in [0.1, 0.15) is 0 Å².